The second kappa shape index (κ2) is 7.01. The van der Waals surface area contributed by atoms with Gasteiger partial charge >= 0.3 is 0 Å². The third kappa shape index (κ3) is 4.09. The molecule has 0 radical (unpaired) electrons. The summed E-state index contributed by atoms with van der Waals surface area (Å²) < 4.78 is 0. The van der Waals surface area contributed by atoms with E-state index in [2.05, 4.69) is 70.2 Å². The lowest BCUT2D eigenvalue weighted by molar-refractivity contribution is 0.256. The minimum atomic E-state index is -0.118. The van der Waals surface area contributed by atoms with Crippen LogP contribution >= 0.6 is 11.8 Å². The molecule has 2 rings (SSSR count). The van der Waals surface area contributed by atoms with Crippen LogP contribution in [0.25, 0.3) is 0 Å². The Kier molecular flexibility index (Phi) is 5.61. The molecule has 1 heterocycles. The molecule has 0 aromatic heterocycles. The van der Waals surface area contributed by atoms with Gasteiger partial charge < -0.3 is 15.1 Å². The molecule has 24 heavy (non-hydrogen) atoms. The maximum atomic E-state index is 10.9. The van der Waals surface area contributed by atoms with E-state index < -0.39 is 0 Å². The van der Waals surface area contributed by atoms with E-state index >= 15 is 0 Å². The summed E-state index contributed by atoms with van der Waals surface area (Å²) in [7, 11) is 0. The summed E-state index contributed by atoms with van der Waals surface area (Å²) in [5.41, 5.74) is 2.98. The smallest absolute Gasteiger partial charge is 0.123 e. The molecule has 0 aliphatic carbocycles. The highest BCUT2D eigenvalue weighted by Crippen LogP contribution is 2.45. The minimum absolute atomic E-state index is 0.118. The third-order valence-corrected chi connectivity index (χ3v) is 5.45. The molecule has 1 aliphatic rings. The number of aromatic hydroxyl groups is 1. The summed E-state index contributed by atoms with van der Waals surface area (Å²) in [6, 6.07) is 4.31. The fourth-order valence-electron chi connectivity index (χ4n) is 3.00. The van der Waals surface area contributed by atoms with Gasteiger partial charge in [-0.25, -0.2) is 0 Å². The summed E-state index contributed by atoms with van der Waals surface area (Å²) in [5, 5.41) is 22.3. The first kappa shape index (κ1) is 19.2. The second-order valence-corrected chi connectivity index (χ2v) is 9.54. The molecule has 2 N–H and O–H groups in total. The van der Waals surface area contributed by atoms with E-state index in [0.717, 1.165) is 24.1 Å². The molecular formula is C20H31NO2S. The first-order chi connectivity index (χ1) is 11.1. The largest absolute Gasteiger partial charge is 0.507 e. The van der Waals surface area contributed by atoms with E-state index in [-0.39, 0.29) is 22.8 Å². The van der Waals surface area contributed by atoms with Crippen molar-refractivity contribution in [1.82, 2.24) is 4.90 Å². The monoisotopic (exact) mass is 349 g/mol. The van der Waals surface area contributed by atoms with Crippen molar-refractivity contribution in [2.45, 2.75) is 64.2 Å². The van der Waals surface area contributed by atoms with Crippen LogP contribution in [0.15, 0.2) is 23.7 Å². The highest BCUT2D eigenvalue weighted by molar-refractivity contribution is 8.02. The molecular weight excluding hydrogens is 318 g/mol. The Hall–Kier alpha value is -1.13. The first-order valence-corrected chi connectivity index (χ1v) is 9.56. The normalized spacial score (nSPS) is 18.5. The Bertz CT molecular complexity index is 576. The number of nitrogens with zero attached hydrogens (tertiary/aromatic N) is 1. The number of hydrogen-bond acceptors (Lipinski definition) is 4. The topological polar surface area (TPSA) is 43.7 Å². The van der Waals surface area contributed by atoms with Gasteiger partial charge in [0.15, 0.2) is 0 Å². The number of aliphatic hydroxyl groups excluding tert-OH is 1. The zero-order valence-electron chi connectivity index (χ0n) is 15.8. The lowest BCUT2D eigenvalue weighted by Gasteiger charge is -2.31. The number of phenols is 1. The van der Waals surface area contributed by atoms with Gasteiger partial charge in [0.05, 0.1) is 0 Å². The van der Waals surface area contributed by atoms with Gasteiger partial charge in [0, 0.05) is 19.4 Å². The van der Waals surface area contributed by atoms with Gasteiger partial charge in [0.25, 0.3) is 0 Å². The number of aliphatic hydroxyl groups is 1. The average Bonchev–Trinajstić information content (AvgIpc) is 2.91. The zero-order valence-corrected chi connectivity index (χ0v) is 16.6. The van der Waals surface area contributed by atoms with Crippen LogP contribution in [-0.2, 0) is 10.8 Å². The lowest BCUT2D eigenvalue weighted by Crippen LogP contribution is -2.23. The summed E-state index contributed by atoms with van der Waals surface area (Å²) in [6.07, 6.45) is 2.86. The van der Waals surface area contributed by atoms with Crippen LogP contribution in [0.2, 0.25) is 0 Å². The van der Waals surface area contributed by atoms with Gasteiger partial charge in [-0.05, 0) is 51.5 Å². The maximum absolute atomic E-state index is 10.9. The van der Waals surface area contributed by atoms with E-state index in [0.29, 0.717) is 5.75 Å². The molecule has 1 aromatic carbocycles. The Balaban J connectivity index is 2.51. The summed E-state index contributed by atoms with van der Waals surface area (Å²) in [4.78, 5) is 2.27. The summed E-state index contributed by atoms with van der Waals surface area (Å²) in [5.74, 6) is 0.427. The van der Waals surface area contributed by atoms with Crippen LogP contribution < -0.4 is 0 Å². The average molecular weight is 350 g/mol. The van der Waals surface area contributed by atoms with Crippen LogP contribution in [0.4, 0.5) is 0 Å². The third-order valence-electron chi connectivity index (χ3n) is 4.37. The van der Waals surface area contributed by atoms with Gasteiger partial charge in [0.1, 0.15) is 11.1 Å². The van der Waals surface area contributed by atoms with Crippen molar-refractivity contribution >= 4 is 11.8 Å². The molecule has 0 saturated carbocycles. The molecule has 0 amide bonds. The molecule has 0 bridgehead atoms. The molecule has 0 saturated heterocycles. The summed E-state index contributed by atoms with van der Waals surface area (Å²) >= 11 is 1.78. The van der Waals surface area contributed by atoms with E-state index in [1.165, 1.54) is 5.56 Å². The molecule has 3 nitrogen and oxygen atoms in total. The van der Waals surface area contributed by atoms with Gasteiger partial charge in [-0.1, -0.05) is 41.5 Å². The van der Waals surface area contributed by atoms with Crippen LogP contribution in [0.1, 0.15) is 70.0 Å². The lowest BCUT2D eigenvalue weighted by atomic mass is 9.78. The highest BCUT2D eigenvalue weighted by Gasteiger charge is 2.30. The van der Waals surface area contributed by atoms with Crippen molar-refractivity contribution in [2.75, 3.05) is 13.2 Å². The van der Waals surface area contributed by atoms with Crippen LogP contribution in [-0.4, -0.2) is 28.3 Å². The molecule has 4 heteroatoms. The van der Waals surface area contributed by atoms with Crippen molar-refractivity contribution < 1.29 is 10.2 Å². The fourth-order valence-corrected chi connectivity index (χ4v) is 4.00. The van der Waals surface area contributed by atoms with Gasteiger partial charge in [0.2, 0.25) is 0 Å². The first-order valence-electron chi connectivity index (χ1n) is 8.62. The Labute approximate surface area is 150 Å². The number of hydrogen-bond donors (Lipinski definition) is 2. The van der Waals surface area contributed by atoms with Crippen molar-refractivity contribution in [3.63, 3.8) is 0 Å². The Morgan fingerprint density at radius 2 is 1.58 bits per heavy atom. The number of rotatable bonds is 4. The molecule has 1 unspecified atom stereocenters. The van der Waals surface area contributed by atoms with E-state index in [1.54, 1.807) is 11.8 Å². The van der Waals surface area contributed by atoms with E-state index in [4.69, 9.17) is 5.11 Å². The van der Waals surface area contributed by atoms with Crippen molar-refractivity contribution in [3.05, 3.63) is 40.4 Å². The molecule has 0 fully saturated rings. The predicted octanol–water partition coefficient (Wildman–Crippen LogP) is 4.89. The zero-order chi connectivity index (χ0) is 18.1. The maximum Gasteiger partial charge on any atom is 0.123 e. The molecule has 1 aliphatic heterocycles. The van der Waals surface area contributed by atoms with E-state index in [1.807, 2.05) is 0 Å². The van der Waals surface area contributed by atoms with Gasteiger partial charge in [-0.2, -0.15) is 0 Å². The van der Waals surface area contributed by atoms with Crippen molar-refractivity contribution in [3.8, 4) is 5.75 Å². The molecule has 0 spiro atoms. The van der Waals surface area contributed by atoms with Crippen LogP contribution in [0.5, 0.6) is 5.75 Å². The predicted molar refractivity (Wildman–Crippen MR) is 103 cm³/mol. The molecule has 1 atom stereocenters. The van der Waals surface area contributed by atoms with Gasteiger partial charge in [-0.3, -0.25) is 0 Å². The number of benzene rings is 1. The SMILES string of the molecule is CC(C)(C)c1cc(C2SC=CN2CCCO)cc(C(C)(C)C)c1O. The fraction of sp³-hybridized carbons (Fsp3) is 0.600. The highest BCUT2D eigenvalue weighted by atomic mass is 32.2. The quantitative estimate of drug-likeness (QED) is 0.812. The standard InChI is InChI=1S/C20H31NO2S/c1-19(2,3)15-12-14(13-16(17(15)23)20(4,5)6)18-21(8-7-10-22)9-11-24-18/h9,11-13,18,22-23H,7-8,10H2,1-6H3. The van der Waals surface area contributed by atoms with Crippen LogP contribution in [0, 0.1) is 0 Å². The number of phenolic OH excluding ortho intramolecular Hbond substituents is 1. The number of thioether (sulfide) groups is 1. The Morgan fingerprint density at radius 1 is 1.04 bits per heavy atom. The van der Waals surface area contributed by atoms with Crippen molar-refractivity contribution in [2.24, 2.45) is 0 Å². The minimum Gasteiger partial charge on any atom is -0.507 e. The van der Waals surface area contributed by atoms with Crippen LogP contribution in [0.3, 0.4) is 0 Å². The molecule has 1 aromatic rings. The van der Waals surface area contributed by atoms with Crippen molar-refractivity contribution in [1.29, 1.82) is 0 Å². The summed E-state index contributed by atoms with van der Waals surface area (Å²) in [6.45, 7) is 13.9. The molecule has 134 valence electrons. The van der Waals surface area contributed by atoms with Gasteiger partial charge in [-0.15, -0.1) is 11.8 Å². The Morgan fingerprint density at radius 3 is 2.04 bits per heavy atom. The second-order valence-electron chi connectivity index (χ2n) is 8.55. The van der Waals surface area contributed by atoms with E-state index in [9.17, 15) is 5.11 Å².